The minimum absolute atomic E-state index is 0.0949. The summed E-state index contributed by atoms with van der Waals surface area (Å²) in [6.45, 7) is 3.77. The Bertz CT molecular complexity index is 374. The van der Waals surface area contributed by atoms with Gasteiger partial charge in [-0.25, -0.2) is 4.39 Å². The number of ether oxygens (including phenoxy) is 1. The first-order chi connectivity index (χ1) is 8.59. The standard InChI is InChI=1S/C14H20FNO2/c1-11(12-2-4-13(15)5-3-12)16-10-14(17)6-8-18-9-7-14/h2-5,11,16-17H,6-10H2,1H3. The Morgan fingerprint density at radius 1 is 1.33 bits per heavy atom. The lowest BCUT2D eigenvalue weighted by molar-refractivity contribution is -0.0626. The van der Waals surface area contributed by atoms with Gasteiger partial charge < -0.3 is 15.2 Å². The van der Waals surface area contributed by atoms with Crippen LogP contribution in [0.5, 0.6) is 0 Å². The van der Waals surface area contributed by atoms with E-state index in [1.165, 1.54) is 12.1 Å². The molecule has 0 saturated carbocycles. The van der Waals surface area contributed by atoms with E-state index in [-0.39, 0.29) is 11.9 Å². The molecule has 1 aliphatic heterocycles. The predicted molar refractivity (Wildman–Crippen MR) is 67.8 cm³/mol. The highest BCUT2D eigenvalue weighted by Gasteiger charge is 2.29. The number of hydrogen-bond donors (Lipinski definition) is 2. The number of rotatable bonds is 4. The third kappa shape index (κ3) is 3.51. The van der Waals surface area contributed by atoms with Gasteiger partial charge in [-0.1, -0.05) is 12.1 Å². The highest BCUT2D eigenvalue weighted by Crippen LogP contribution is 2.21. The third-order valence-corrected chi connectivity index (χ3v) is 3.53. The van der Waals surface area contributed by atoms with Crippen LogP contribution >= 0.6 is 0 Å². The fourth-order valence-electron chi connectivity index (χ4n) is 2.14. The zero-order chi connectivity index (χ0) is 13.0. The van der Waals surface area contributed by atoms with Crippen molar-refractivity contribution >= 4 is 0 Å². The van der Waals surface area contributed by atoms with E-state index in [1.54, 1.807) is 12.1 Å². The van der Waals surface area contributed by atoms with Gasteiger partial charge >= 0.3 is 0 Å². The molecule has 1 saturated heterocycles. The molecule has 0 radical (unpaired) electrons. The molecule has 3 nitrogen and oxygen atoms in total. The molecule has 0 amide bonds. The molecule has 18 heavy (non-hydrogen) atoms. The summed E-state index contributed by atoms with van der Waals surface area (Å²) in [5, 5.41) is 13.6. The smallest absolute Gasteiger partial charge is 0.123 e. The van der Waals surface area contributed by atoms with Crippen molar-refractivity contribution in [3.05, 3.63) is 35.6 Å². The van der Waals surface area contributed by atoms with Crippen LogP contribution in [-0.2, 0) is 4.74 Å². The van der Waals surface area contributed by atoms with Crippen molar-refractivity contribution in [2.75, 3.05) is 19.8 Å². The van der Waals surface area contributed by atoms with Gasteiger partial charge in [0.05, 0.1) is 5.60 Å². The number of nitrogens with one attached hydrogen (secondary N) is 1. The van der Waals surface area contributed by atoms with E-state index in [0.717, 1.165) is 5.56 Å². The first-order valence-corrected chi connectivity index (χ1v) is 6.38. The van der Waals surface area contributed by atoms with Crippen LogP contribution in [0.25, 0.3) is 0 Å². The fraction of sp³-hybridized carbons (Fsp3) is 0.571. The van der Waals surface area contributed by atoms with Gasteiger partial charge in [0.2, 0.25) is 0 Å². The van der Waals surface area contributed by atoms with E-state index in [0.29, 0.717) is 32.6 Å². The second kappa shape index (κ2) is 5.78. The van der Waals surface area contributed by atoms with Crippen LogP contribution < -0.4 is 5.32 Å². The summed E-state index contributed by atoms with van der Waals surface area (Å²) in [6.07, 6.45) is 1.33. The number of hydrogen-bond acceptors (Lipinski definition) is 3. The lowest BCUT2D eigenvalue weighted by Gasteiger charge is -2.33. The van der Waals surface area contributed by atoms with Crippen molar-refractivity contribution in [2.24, 2.45) is 0 Å². The maximum absolute atomic E-state index is 12.8. The lowest BCUT2D eigenvalue weighted by atomic mass is 9.94. The summed E-state index contributed by atoms with van der Waals surface area (Å²) in [5.41, 5.74) is 0.346. The molecule has 100 valence electrons. The largest absolute Gasteiger partial charge is 0.388 e. The first-order valence-electron chi connectivity index (χ1n) is 6.38. The van der Waals surface area contributed by atoms with Crippen LogP contribution in [0, 0.1) is 5.82 Å². The number of aliphatic hydroxyl groups is 1. The molecule has 1 aromatic rings. The molecule has 1 unspecified atom stereocenters. The Hall–Kier alpha value is -0.970. The first kappa shape index (κ1) is 13.5. The Labute approximate surface area is 107 Å². The zero-order valence-electron chi connectivity index (χ0n) is 10.7. The molecule has 2 N–H and O–H groups in total. The van der Waals surface area contributed by atoms with Crippen molar-refractivity contribution < 1.29 is 14.2 Å². The summed E-state index contributed by atoms with van der Waals surface area (Å²) < 4.78 is 18.1. The predicted octanol–water partition coefficient (Wildman–Crippen LogP) is 2.02. The molecule has 0 bridgehead atoms. The highest BCUT2D eigenvalue weighted by molar-refractivity contribution is 5.19. The molecule has 1 heterocycles. The summed E-state index contributed by atoms with van der Waals surface area (Å²) in [6, 6.07) is 6.53. The van der Waals surface area contributed by atoms with Crippen LogP contribution in [0.1, 0.15) is 31.4 Å². The highest BCUT2D eigenvalue weighted by atomic mass is 19.1. The summed E-state index contributed by atoms with van der Waals surface area (Å²) in [5.74, 6) is -0.228. The molecular formula is C14H20FNO2. The van der Waals surface area contributed by atoms with E-state index in [1.807, 2.05) is 6.92 Å². The van der Waals surface area contributed by atoms with Gasteiger partial charge in [-0.3, -0.25) is 0 Å². The maximum atomic E-state index is 12.8. The fourth-order valence-corrected chi connectivity index (χ4v) is 2.14. The van der Waals surface area contributed by atoms with Gasteiger partial charge in [-0.05, 0) is 24.6 Å². The van der Waals surface area contributed by atoms with Crippen LogP contribution in [-0.4, -0.2) is 30.5 Å². The molecular weight excluding hydrogens is 233 g/mol. The number of benzene rings is 1. The van der Waals surface area contributed by atoms with Crippen LogP contribution in [0.15, 0.2) is 24.3 Å². The van der Waals surface area contributed by atoms with Crippen LogP contribution in [0.4, 0.5) is 4.39 Å². The van der Waals surface area contributed by atoms with E-state index in [4.69, 9.17) is 4.74 Å². The van der Waals surface area contributed by atoms with Gasteiger partial charge in [-0.2, -0.15) is 0 Å². The SMILES string of the molecule is CC(NCC1(O)CCOCC1)c1ccc(F)cc1. The average Bonchev–Trinajstić information content (AvgIpc) is 2.38. The van der Waals surface area contributed by atoms with E-state index in [9.17, 15) is 9.50 Å². The molecule has 1 aromatic carbocycles. The van der Waals surface area contributed by atoms with E-state index < -0.39 is 5.60 Å². The third-order valence-electron chi connectivity index (χ3n) is 3.53. The maximum Gasteiger partial charge on any atom is 0.123 e. The second-order valence-electron chi connectivity index (χ2n) is 4.99. The van der Waals surface area contributed by atoms with Gasteiger partial charge in [0.15, 0.2) is 0 Å². The molecule has 0 aliphatic carbocycles. The van der Waals surface area contributed by atoms with Gasteiger partial charge in [-0.15, -0.1) is 0 Å². The molecule has 0 spiro atoms. The zero-order valence-corrected chi connectivity index (χ0v) is 10.7. The van der Waals surface area contributed by atoms with Gasteiger partial charge in [0, 0.05) is 38.6 Å². The summed E-state index contributed by atoms with van der Waals surface area (Å²) in [7, 11) is 0. The lowest BCUT2D eigenvalue weighted by Crippen LogP contribution is -2.45. The summed E-state index contributed by atoms with van der Waals surface area (Å²) in [4.78, 5) is 0. The second-order valence-corrected chi connectivity index (χ2v) is 4.99. The molecule has 2 rings (SSSR count). The van der Waals surface area contributed by atoms with Crippen molar-refractivity contribution in [3.63, 3.8) is 0 Å². The molecule has 4 heteroatoms. The topological polar surface area (TPSA) is 41.5 Å². The van der Waals surface area contributed by atoms with E-state index in [2.05, 4.69) is 5.32 Å². The summed E-state index contributed by atoms with van der Waals surface area (Å²) >= 11 is 0. The monoisotopic (exact) mass is 253 g/mol. The Balaban J connectivity index is 1.87. The number of halogens is 1. The molecule has 1 fully saturated rings. The quantitative estimate of drug-likeness (QED) is 0.862. The molecule has 1 aliphatic rings. The van der Waals surface area contributed by atoms with Crippen molar-refractivity contribution in [2.45, 2.75) is 31.4 Å². The minimum atomic E-state index is -0.674. The molecule has 0 aromatic heterocycles. The van der Waals surface area contributed by atoms with Gasteiger partial charge in [0.25, 0.3) is 0 Å². The average molecular weight is 253 g/mol. The minimum Gasteiger partial charge on any atom is -0.388 e. The Kier molecular flexibility index (Phi) is 4.32. The van der Waals surface area contributed by atoms with Crippen molar-refractivity contribution in [3.8, 4) is 0 Å². The van der Waals surface area contributed by atoms with Gasteiger partial charge in [0.1, 0.15) is 5.82 Å². The van der Waals surface area contributed by atoms with E-state index >= 15 is 0 Å². The normalized spacial score (nSPS) is 20.6. The van der Waals surface area contributed by atoms with Crippen LogP contribution in [0.3, 0.4) is 0 Å². The van der Waals surface area contributed by atoms with Crippen LogP contribution in [0.2, 0.25) is 0 Å². The van der Waals surface area contributed by atoms with Crippen molar-refractivity contribution in [1.82, 2.24) is 5.32 Å². The molecule has 1 atom stereocenters. The Morgan fingerprint density at radius 3 is 2.56 bits per heavy atom. The van der Waals surface area contributed by atoms with Crippen molar-refractivity contribution in [1.29, 1.82) is 0 Å². The Morgan fingerprint density at radius 2 is 1.94 bits per heavy atom.